The Balaban J connectivity index is 2.05. The average molecular weight is 378 g/mol. The molecule has 1 aromatic heterocycles. The molecule has 1 heterocycles. The second-order valence-corrected chi connectivity index (χ2v) is 7.62. The van der Waals surface area contributed by atoms with Gasteiger partial charge in [0.25, 0.3) is 5.91 Å². The summed E-state index contributed by atoms with van der Waals surface area (Å²) in [5, 5.41) is 2.64. The molecule has 0 radical (unpaired) electrons. The number of nitrogens with one attached hydrogen (secondary N) is 1. The van der Waals surface area contributed by atoms with Crippen molar-refractivity contribution in [1.82, 2.24) is 4.98 Å². The number of amides is 1. The molecule has 138 valence electrons. The van der Waals surface area contributed by atoms with Gasteiger partial charge in [-0.2, -0.15) is 0 Å². The number of carbonyl (C=O) groups excluding carboxylic acids is 2. The first kappa shape index (κ1) is 19.4. The number of benzene rings is 1. The normalized spacial score (nSPS) is 10.8. The van der Waals surface area contributed by atoms with Crippen molar-refractivity contribution in [3.63, 3.8) is 0 Å². The summed E-state index contributed by atoms with van der Waals surface area (Å²) in [6.07, 6.45) is 1.13. The molecule has 0 saturated carbocycles. The van der Waals surface area contributed by atoms with Crippen molar-refractivity contribution in [3.05, 3.63) is 53.9 Å². The van der Waals surface area contributed by atoms with Crippen LogP contribution >= 0.6 is 0 Å². The molecule has 0 spiro atoms. The van der Waals surface area contributed by atoms with Crippen molar-refractivity contribution in [1.29, 1.82) is 0 Å². The van der Waals surface area contributed by atoms with E-state index in [9.17, 15) is 18.0 Å². The third-order valence-electron chi connectivity index (χ3n) is 3.19. The Morgan fingerprint density at radius 3 is 2.50 bits per heavy atom. The summed E-state index contributed by atoms with van der Waals surface area (Å²) in [4.78, 5) is 27.7. The zero-order chi connectivity index (χ0) is 19.2. The molecule has 2 rings (SSSR count). The molecule has 0 bridgehead atoms. The molecule has 8 nitrogen and oxygen atoms in total. The quantitative estimate of drug-likeness (QED) is 0.727. The SMILES string of the molecule is COC(=O)c1cccc(C(=O)Nc2cccc(OCCS(C)(=O)=O)c2)n1. The lowest BCUT2D eigenvalue weighted by Crippen LogP contribution is -2.16. The van der Waals surface area contributed by atoms with Crippen LogP contribution in [0.3, 0.4) is 0 Å². The number of hydrogen-bond acceptors (Lipinski definition) is 7. The van der Waals surface area contributed by atoms with Gasteiger partial charge < -0.3 is 14.8 Å². The van der Waals surface area contributed by atoms with Crippen molar-refractivity contribution in [2.45, 2.75) is 0 Å². The number of hydrogen-bond donors (Lipinski definition) is 1. The van der Waals surface area contributed by atoms with Crippen molar-refractivity contribution >= 4 is 27.4 Å². The predicted octanol–water partition coefficient (Wildman–Crippen LogP) is 1.54. The number of anilines is 1. The van der Waals surface area contributed by atoms with Gasteiger partial charge in [-0.1, -0.05) is 12.1 Å². The van der Waals surface area contributed by atoms with E-state index in [1.807, 2.05) is 0 Å². The van der Waals surface area contributed by atoms with E-state index < -0.39 is 21.7 Å². The molecule has 0 aliphatic heterocycles. The van der Waals surface area contributed by atoms with Crippen LogP contribution in [0, 0.1) is 0 Å². The van der Waals surface area contributed by atoms with Crippen molar-refractivity contribution in [3.8, 4) is 5.75 Å². The number of nitrogens with zero attached hydrogens (tertiary/aromatic N) is 1. The summed E-state index contributed by atoms with van der Waals surface area (Å²) in [5.41, 5.74) is 0.520. The Hall–Kier alpha value is -2.94. The zero-order valence-corrected chi connectivity index (χ0v) is 15.1. The molecule has 0 aliphatic rings. The summed E-state index contributed by atoms with van der Waals surface area (Å²) in [6.45, 7) is 0.0129. The zero-order valence-electron chi connectivity index (χ0n) is 14.3. The molecule has 0 fully saturated rings. The third-order valence-corrected chi connectivity index (χ3v) is 4.10. The molecule has 1 N–H and O–H groups in total. The first-order chi connectivity index (χ1) is 12.3. The van der Waals surface area contributed by atoms with Crippen LogP contribution in [0.15, 0.2) is 42.5 Å². The highest BCUT2D eigenvalue weighted by atomic mass is 32.2. The number of rotatable bonds is 7. The largest absolute Gasteiger partial charge is 0.492 e. The average Bonchev–Trinajstić information content (AvgIpc) is 2.60. The second-order valence-electron chi connectivity index (χ2n) is 5.36. The lowest BCUT2D eigenvalue weighted by Gasteiger charge is -2.09. The Kier molecular flexibility index (Phi) is 6.29. The Bertz CT molecular complexity index is 911. The van der Waals surface area contributed by atoms with E-state index in [4.69, 9.17) is 4.74 Å². The van der Waals surface area contributed by atoms with Crippen LogP contribution in [-0.2, 0) is 14.6 Å². The van der Waals surface area contributed by atoms with Crippen LogP contribution in [0.25, 0.3) is 0 Å². The van der Waals surface area contributed by atoms with E-state index in [0.717, 1.165) is 6.26 Å². The van der Waals surface area contributed by atoms with Gasteiger partial charge in [0, 0.05) is 18.0 Å². The lowest BCUT2D eigenvalue weighted by atomic mass is 10.2. The van der Waals surface area contributed by atoms with Crippen LogP contribution in [0.1, 0.15) is 21.0 Å². The number of ether oxygens (including phenoxy) is 2. The second kappa shape index (κ2) is 8.43. The van der Waals surface area contributed by atoms with Gasteiger partial charge in [0.15, 0.2) is 9.84 Å². The first-order valence-electron chi connectivity index (χ1n) is 7.56. The van der Waals surface area contributed by atoms with Crippen molar-refractivity contribution < 1.29 is 27.5 Å². The van der Waals surface area contributed by atoms with Gasteiger partial charge in [0.2, 0.25) is 0 Å². The van der Waals surface area contributed by atoms with Crippen molar-refractivity contribution in [2.24, 2.45) is 0 Å². The fraction of sp³-hybridized carbons (Fsp3) is 0.235. The van der Waals surface area contributed by atoms with E-state index in [1.54, 1.807) is 24.3 Å². The van der Waals surface area contributed by atoms with Gasteiger partial charge >= 0.3 is 5.97 Å². The van der Waals surface area contributed by atoms with Crippen LogP contribution in [0.4, 0.5) is 5.69 Å². The molecule has 2 aromatic rings. The highest BCUT2D eigenvalue weighted by molar-refractivity contribution is 7.90. The number of esters is 1. The van der Waals surface area contributed by atoms with Crippen LogP contribution in [0.5, 0.6) is 5.75 Å². The van der Waals surface area contributed by atoms with Gasteiger partial charge in [-0.3, -0.25) is 4.79 Å². The fourth-order valence-electron chi connectivity index (χ4n) is 1.95. The number of sulfone groups is 1. The summed E-state index contributed by atoms with van der Waals surface area (Å²) in [6, 6.07) is 10.9. The van der Waals surface area contributed by atoms with Crippen LogP contribution in [-0.4, -0.2) is 51.0 Å². The van der Waals surface area contributed by atoms with Gasteiger partial charge in [-0.25, -0.2) is 18.2 Å². The monoisotopic (exact) mass is 378 g/mol. The molecular formula is C17H18N2O6S. The van der Waals surface area contributed by atoms with E-state index in [1.165, 1.54) is 25.3 Å². The van der Waals surface area contributed by atoms with E-state index >= 15 is 0 Å². The molecule has 1 aromatic carbocycles. The van der Waals surface area contributed by atoms with Crippen LogP contribution in [0.2, 0.25) is 0 Å². The predicted molar refractivity (Wildman–Crippen MR) is 95.2 cm³/mol. The topological polar surface area (TPSA) is 112 Å². The van der Waals surface area contributed by atoms with Gasteiger partial charge in [-0.15, -0.1) is 0 Å². The first-order valence-corrected chi connectivity index (χ1v) is 9.62. The summed E-state index contributed by atoms with van der Waals surface area (Å²) in [7, 11) is -1.89. The molecule has 0 aliphatic carbocycles. The molecule has 1 amide bonds. The van der Waals surface area contributed by atoms with Crippen molar-refractivity contribution in [2.75, 3.05) is 31.0 Å². The lowest BCUT2D eigenvalue weighted by molar-refractivity contribution is 0.0594. The molecule has 0 unspecified atom stereocenters. The number of aromatic nitrogens is 1. The highest BCUT2D eigenvalue weighted by Gasteiger charge is 2.13. The smallest absolute Gasteiger partial charge is 0.356 e. The Morgan fingerprint density at radius 2 is 1.81 bits per heavy atom. The minimum atomic E-state index is -3.11. The summed E-state index contributed by atoms with van der Waals surface area (Å²) < 4.78 is 32.2. The standard InChI is InChI=1S/C17H18N2O6S/c1-24-17(21)15-8-4-7-14(19-15)16(20)18-12-5-3-6-13(11-12)25-9-10-26(2,22)23/h3-8,11H,9-10H2,1-2H3,(H,18,20). The number of pyridine rings is 1. The van der Waals surface area contributed by atoms with Gasteiger partial charge in [0.05, 0.1) is 12.9 Å². The minimum absolute atomic E-state index is 0.0129. The third kappa shape index (κ3) is 5.85. The molecule has 0 atom stereocenters. The molecule has 0 saturated heterocycles. The van der Waals surface area contributed by atoms with E-state index in [-0.39, 0.29) is 23.7 Å². The number of methoxy groups -OCH3 is 1. The maximum Gasteiger partial charge on any atom is 0.356 e. The summed E-state index contributed by atoms with van der Waals surface area (Å²) in [5.74, 6) is -0.832. The van der Waals surface area contributed by atoms with E-state index in [0.29, 0.717) is 11.4 Å². The Labute approximate surface area is 151 Å². The fourth-order valence-corrected chi connectivity index (χ4v) is 2.34. The van der Waals surface area contributed by atoms with E-state index in [2.05, 4.69) is 15.0 Å². The van der Waals surface area contributed by atoms with Gasteiger partial charge in [0.1, 0.15) is 23.7 Å². The molecule has 26 heavy (non-hydrogen) atoms. The maximum atomic E-state index is 12.3. The number of carbonyl (C=O) groups is 2. The molecular weight excluding hydrogens is 360 g/mol. The van der Waals surface area contributed by atoms with Gasteiger partial charge in [-0.05, 0) is 24.3 Å². The van der Waals surface area contributed by atoms with Crippen LogP contribution < -0.4 is 10.1 Å². The molecule has 9 heteroatoms. The minimum Gasteiger partial charge on any atom is -0.492 e. The Morgan fingerprint density at radius 1 is 1.12 bits per heavy atom. The maximum absolute atomic E-state index is 12.3. The highest BCUT2D eigenvalue weighted by Crippen LogP contribution is 2.18. The summed E-state index contributed by atoms with van der Waals surface area (Å²) >= 11 is 0.